The molecule has 0 amide bonds. The summed E-state index contributed by atoms with van der Waals surface area (Å²) in [6.07, 6.45) is 6.34. The first-order chi connectivity index (χ1) is 13.4. The molecule has 0 bridgehead atoms. The second kappa shape index (κ2) is 12.8. The molecule has 2 N–H and O–H groups in total. The summed E-state index contributed by atoms with van der Waals surface area (Å²) in [5.41, 5.74) is 6.74. The van der Waals surface area contributed by atoms with Crippen LogP contribution in [-0.4, -0.2) is 17.7 Å². The topological polar surface area (TPSA) is 32.3 Å². The van der Waals surface area contributed by atoms with Gasteiger partial charge in [-0.15, -0.1) is 11.8 Å². The van der Waals surface area contributed by atoms with Crippen molar-refractivity contribution in [3.8, 4) is 17.6 Å². The third-order valence-corrected chi connectivity index (χ3v) is 4.83. The Labute approximate surface area is 171 Å². The molecule has 0 aliphatic heterocycles. The molecule has 2 nitrogen and oxygen atoms in total. The minimum atomic E-state index is 0.325. The van der Waals surface area contributed by atoms with Crippen LogP contribution in [0.15, 0.2) is 42.5 Å². The lowest BCUT2D eigenvalue weighted by atomic mass is 9.93. The maximum Gasteiger partial charge on any atom is 0.115 e. The van der Waals surface area contributed by atoms with Crippen LogP contribution < -0.4 is 5.32 Å². The highest BCUT2D eigenvalue weighted by Gasteiger charge is 2.09. The highest BCUT2D eigenvalue weighted by Crippen LogP contribution is 2.21. The Balaban J connectivity index is 0.000000892. The Bertz CT molecular complexity index is 801. The molecule has 0 saturated carbocycles. The van der Waals surface area contributed by atoms with E-state index in [4.69, 9.17) is 0 Å². The van der Waals surface area contributed by atoms with Crippen molar-refractivity contribution in [3.05, 3.63) is 70.3 Å². The molecule has 150 valence electrons. The zero-order valence-corrected chi connectivity index (χ0v) is 18.3. The number of hydrogen-bond acceptors (Lipinski definition) is 2. The smallest absolute Gasteiger partial charge is 0.115 e. The van der Waals surface area contributed by atoms with Gasteiger partial charge in [-0.3, -0.25) is 0 Å². The largest absolute Gasteiger partial charge is 0.508 e. The second-order valence-electron chi connectivity index (χ2n) is 7.06. The first-order valence-corrected chi connectivity index (χ1v) is 9.99. The number of benzene rings is 2. The summed E-state index contributed by atoms with van der Waals surface area (Å²) in [4.78, 5) is 0. The molecule has 2 rings (SSSR count). The van der Waals surface area contributed by atoms with Gasteiger partial charge >= 0.3 is 0 Å². The van der Waals surface area contributed by atoms with E-state index in [9.17, 15) is 5.11 Å². The van der Waals surface area contributed by atoms with Gasteiger partial charge in [0.05, 0.1) is 0 Å². The zero-order valence-electron chi connectivity index (χ0n) is 18.3. The van der Waals surface area contributed by atoms with Crippen molar-refractivity contribution in [2.24, 2.45) is 0 Å². The summed E-state index contributed by atoms with van der Waals surface area (Å²) in [6.45, 7) is 13.3. The molecule has 0 aliphatic rings. The van der Waals surface area contributed by atoms with Gasteiger partial charge in [-0.05, 0) is 101 Å². The number of aromatic hydroxyl groups is 1. The fraction of sp³-hybridized carbons (Fsp3) is 0.385. The van der Waals surface area contributed by atoms with E-state index in [-0.39, 0.29) is 0 Å². The van der Waals surface area contributed by atoms with Crippen LogP contribution in [-0.2, 0) is 12.8 Å². The van der Waals surface area contributed by atoms with Crippen molar-refractivity contribution in [3.63, 3.8) is 0 Å². The molecule has 0 saturated heterocycles. The fourth-order valence-corrected chi connectivity index (χ4v) is 3.00. The van der Waals surface area contributed by atoms with Crippen LogP contribution in [0.1, 0.15) is 55.5 Å². The van der Waals surface area contributed by atoms with E-state index in [1.54, 1.807) is 12.1 Å². The molecule has 2 aromatic rings. The van der Waals surface area contributed by atoms with Gasteiger partial charge in [-0.25, -0.2) is 0 Å². The molecule has 1 unspecified atom stereocenters. The second-order valence-corrected chi connectivity index (χ2v) is 7.06. The molecule has 0 heterocycles. The van der Waals surface area contributed by atoms with Crippen LogP contribution in [0.3, 0.4) is 0 Å². The Kier molecular flexibility index (Phi) is 10.8. The lowest BCUT2D eigenvalue weighted by Gasteiger charge is -2.18. The van der Waals surface area contributed by atoms with Crippen molar-refractivity contribution >= 4 is 6.08 Å². The fourth-order valence-electron chi connectivity index (χ4n) is 3.00. The minimum absolute atomic E-state index is 0.325. The van der Waals surface area contributed by atoms with E-state index in [0.29, 0.717) is 11.8 Å². The predicted molar refractivity (Wildman–Crippen MR) is 123 cm³/mol. The maximum absolute atomic E-state index is 9.32. The average molecular weight is 378 g/mol. The monoisotopic (exact) mass is 377 g/mol. The lowest BCUT2D eigenvalue weighted by Crippen LogP contribution is -2.30. The van der Waals surface area contributed by atoms with Gasteiger partial charge in [0.25, 0.3) is 0 Å². The molecule has 1 atom stereocenters. The normalized spacial score (nSPS) is 11.4. The van der Waals surface area contributed by atoms with Gasteiger partial charge < -0.3 is 10.4 Å². The van der Waals surface area contributed by atoms with Crippen LogP contribution in [0.5, 0.6) is 5.75 Å². The molecular formula is C26H35NO. The van der Waals surface area contributed by atoms with E-state index in [1.807, 2.05) is 26.0 Å². The average Bonchev–Trinajstić information content (AvgIpc) is 2.69. The molecule has 0 spiro atoms. The molecule has 2 heteroatoms. The van der Waals surface area contributed by atoms with E-state index in [1.165, 1.54) is 27.8 Å². The van der Waals surface area contributed by atoms with Crippen molar-refractivity contribution in [1.82, 2.24) is 5.32 Å². The van der Waals surface area contributed by atoms with Crippen molar-refractivity contribution < 1.29 is 5.11 Å². The SMILES string of the molecule is C/C=C\c1c(CC(C)NCCc2ccc(O)cc2)ccc(C)c1C.CC#CC. The van der Waals surface area contributed by atoms with Gasteiger partial charge in [-0.1, -0.05) is 36.4 Å². The highest BCUT2D eigenvalue weighted by molar-refractivity contribution is 5.59. The van der Waals surface area contributed by atoms with Crippen LogP contribution in [0.2, 0.25) is 0 Å². The third kappa shape index (κ3) is 8.03. The summed E-state index contributed by atoms with van der Waals surface area (Å²) in [5.74, 6) is 5.69. The van der Waals surface area contributed by atoms with Gasteiger partial charge in [-0.2, -0.15) is 0 Å². The summed E-state index contributed by atoms with van der Waals surface area (Å²) >= 11 is 0. The van der Waals surface area contributed by atoms with Crippen molar-refractivity contribution in [2.45, 2.75) is 60.4 Å². The standard InChI is InChI=1S/C22H29NO.C4H6/c1-5-6-22-18(4)16(2)7-10-20(22)15-17(3)23-14-13-19-8-11-21(24)12-9-19;1-3-4-2/h5-12,17,23-24H,13-15H2,1-4H3;1-2H3/b6-5-;. The number of aryl methyl sites for hydroxylation is 1. The molecule has 0 radical (unpaired) electrons. The molecular weight excluding hydrogens is 342 g/mol. The van der Waals surface area contributed by atoms with Crippen LogP contribution in [0, 0.1) is 25.7 Å². The van der Waals surface area contributed by atoms with Gasteiger partial charge in [0.15, 0.2) is 0 Å². The number of rotatable bonds is 7. The Hall–Kier alpha value is -2.50. The molecule has 0 fully saturated rings. The van der Waals surface area contributed by atoms with Crippen LogP contribution >= 0.6 is 0 Å². The Morgan fingerprint density at radius 1 is 1.04 bits per heavy atom. The van der Waals surface area contributed by atoms with Gasteiger partial charge in [0.2, 0.25) is 0 Å². The summed E-state index contributed by atoms with van der Waals surface area (Å²) in [7, 11) is 0. The quantitative estimate of drug-likeness (QED) is 0.595. The molecule has 0 aliphatic carbocycles. The Morgan fingerprint density at radius 3 is 2.25 bits per heavy atom. The lowest BCUT2D eigenvalue weighted by molar-refractivity contribution is 0.475. The molecule has 28 heavy (non-hydrogen) atoms. The van der Waals surface area contributed by atoms with Crippen molar-refractivity contribution in [1.29, 1.82) is 0 Å². The molecule has 0 aromatic heterocycles. The molecule has 2 aromatic carbocycles. The van der Waals surface area contributed by atoms with E-state index in [0.717, 1.165) is 19.4 Å². The maximum atomic E-state index is 9.32. The number of allylic oxidation sites excluding steroid dienone is 1. The minimum Gasteiger partial charge on any atom is -0.508 e. The summed E-state index contributed by atoms with van der Waals surface area (Å²) in [6, 6.07) is 12.4. The highest BCUT2D eigenvalue weighted by atomic mass is 16.3. The van der Waals surface area contributed by atoms with Crippen LogP contribution in [0.25, 0.3) is 6.08 Å². The first kappa shape index (κ1) is 23.5. The van der Waals surface area contributed by atoms with Crippen LogP contribution in [0.4, 0.5) is 0 Å². The zero-order chi connectivity index (χ0) is 20.9. The number of phenols is 1. The number of hydrogen-bond donors (Lipinski definition) is 2. The van der Waals surface area contributed by atoms with E-state index < -0.39 is 0 Å². The van der Waals surface area contributed by atoms with Gasteiger partial charge in [0, 0.05) is 6.04 Å². The predicted octanol–water partition coefficient (Wildman–Crippen LogP) is 5.84. The number of phenolic OH excluding ortho intramolecular Hbond substituents is 1. The Morgan fingerprint density at radius 2 is 1.68 bits per heavy atom. The number of nitrogens with one attached hydrogen (secondary N) is 1. The van der Waals surface area contributed by atoms with Crippen molar-refractivity contribution in [2.75, 3.05) is 6.54 Å². The third-order valence-electron chi connectivity index (χ3n) is 4.83. The first-order valence-electron chi connectivity index (χ1n) is 9.99. The summed E-state index contributed by atoms with van der Waals surface area (Å²) in [5, 5.41) is 12.9. The van der Waals surface area contributed by atoms with E-state index in [2.05, 4.69) is 69.1 Å². The summed E-state index contributed by atoms with van der Waals surface area (Å²) < 4.78 is 0. The van der Waals surface area contributed by atoms with E-state index >= 15 is 0 Å². The van der Waals surface area contributed by atoms with Gasteiger partial charge in [0.1, 0.15) is 5.75 Å².